The second kappa shape index (κ2) is 9.17. The van der Waals surface area contributed by atoms with Crippen molar-refractivity contribution >= 4 is 34.4 Å². The number of benzene rings is 3. The third-order valence-corrected chi connectivity index (χ3v) is 5.75. The number of aliphatic hydroxyl groups excluding tert-OH is 2. The Hall–Kier alpha value is -3.06. The third kappa shape index (κ3) is 4.41. The van der Waals surface area contributed by atoms with Gasteiger partial charge in [0.05, 0.1) is 19.4 Å². The zero-order chi connectivity index (χ0) is 20.9. The molecule has 0 spiro atoms. The predicted octanol–water partition coefficient (Wildman–Crippen LogP) is 4.79. The predicted molar refractivity (Wildman–Crippen MR) is 123 cm³/mol. The Labute approximate surface area is 180 Å². The van der Waals surface area contributed by atoms with Crippen molar-refractivity contribution < 1.29 is 14.9 Å². The van der Waals surface area contributed by atoms with Crippen molar-refractivity contribution in [1.82, 2.24) is 0 Å². The highest BCUT2D eigenvalue weighted by Gasteiger charge is 2.34. The topological polar surface area (TPSA) is 65.3 Å². The van der Waals surface area contributed by atoms with Crippen molar-refractivity contribution in [2.75, 3.05) is 12.0 Å². The van der Waals surface area contributed by atoms with E-state index in [2.05, 4.69) is 0 Å². The van der Waals surface area contributed by atoms with E-state index in [0.29, 0.717) is 5.17 Å². The van der Waals surface area contributed by atoms with E-state index >= 15 is 0 Å². The van der Waals surface area contributed by atoms with Crippen molar-refractivity contribution in [1.29, 1.82) is 0 Å². The van der Waals surface area contributed by atoms with Crippen LogP contribution in [0.3, 0.4) is 0 Å². The van der Waals surface area contributed by atoms with E-state index in [4.69, 9.17) is 9.73 Å². The van der Waals surface area contributed by atoms with Crippen LogP contribution in [0, 0.1) is 0 Å². The quantitative estimate of drug-likeness (QED) is 0.624. The first-order chi connectivity index (χ1) is 14.7. The summed E-state index contributed by atoms with van der Waals surface area (Å²) in [7, 11) is 1.63. The summed E-state index contributed by atoms with van der Waals surface area (Å²) in [6.45, 7) is 0.00730. The van der Waals surface area contributed by atoms with Crippen LogP contribution in [0.5, 0.6) is 5.75 Å². The molecule has 3 aromatic carbocycles. The molecule has 30 heavy (non-hydrogen) atoms. The molecule has 1 aliphatic heterocycles. The van der Waals surface area contributed by atoms with Gasteiger partial charge in [-0.15, -0.1) is 0 Å². The molecule has 0 amide bonds. The van der Waals surface area contributed by atoms with Crippen LogP contribution < -0.4 is 9.64 Å². The lowest BCUT2D eigenvalue weighted by molar-refractivity contribution is 0.233. The zero-order valence-electron chi connectivity index (χ0n) is 16.5. The minimum absolute atomic E-state index is 0.00730. The average Bonchev–Trinajstić information content (AvgIpc) is 3.09. The highest BCUT2D eigenvalue weighted by molar-refractivity contribution is 8.18. The van der Waals surface area contributed by atoms with Gasteiger partial charge in [0.1, 0.15) is 5.75 Å². The van der Waals surface area contributed by atoms with E-state index in [0.717, 1.165) is 33.2 Å². The first-order valence-electron chi connectivity index (χ1n) is 9.52. The molecule has 2 N–H and O–H groups in total. The van der Waals surface area contributed by atoms with Gasteiger partial charge < -0.3 is 14.9 Å². The van der Waals surface area contributed by atoms with Crippen LogP contribution in [0.4, 0.5) is 11.4 Å². The van der Waals surface area contributed by atoms with Gasteiger partial charge in [-0.1, -0.05) is 54.2 Å². The number of nitrogens with zero attached hydrogens (tertiary/aromatic N) is 2. The van der Waals surface area contributed by atoms with Crippen molar-refractivity contribution in [2.45, 2.75) is 12.8 Å². The second-order valence-electron chi connectivity index (χ2n) is 6.72. The zero-order valence-corrected chi connectivity index (χ0v) is 17.3. The van der Waals surface area contributed by atoms with Crippen molar-refractivity contribution in [3.63, 3.8) is 0 Å². The number of aliphatic hydroxyl groups is 2. The molecule has 1 fully saturated rings. The van der Waals surface area contributed by atoms with Gasteiger partial charge in [0, 0.05) is 10.6 Å². The number of amidine groups is 1. The Morgan fingerprint density at radius 1 is 1.00 bits per heavy atom. The monoisotopic (exact) mass is 418 g/mol. The molecule has 1 saturated heterocycles. The molecule has 0 radical (unpaired) electrons. The molecule has 1 unspecified atom stereocenters. The fraction of sp³-hybridized carbons (Fsp3) is 0.125. The molecule has 0 aliphatic carbocycles. The molecule has 0 aromatic heterocycles. The van der Waals surface area contributed by atoms with Crippen molar-refractivity contribution in [3.8, 4) is 5.75 Å². The van der Waals surface area contributed by atoms with Gasteiger partial charge in [-0.3, -0.25) is 4.90 Å². The third-order valence-electron chi connectivity index (χ3n) is 4.72. The molecule has 1 heterocycles. The number of anilines is 1. The van der Waals surface area contributed by atoms with Crippen LogP contribution in [0.2, 0.25) is 0 Å². The number of thioether (sulfide) groups is 1. The first kappa shape index (κ1) is 20.2. The van der Waals surface area contributed by atoms with E-state index in [-0.39, 0.29) is 6.61 Å². The molecular weight excluding hydrogens is 396 g/mol. The number of rotatable bonds is 5. The number of para-hydroxylation sites is 1. The Kier molecular flexibility index (Phi) is 6.18. The molecule has 152 valence electrons. The lowest BCUT2D eigenvalue weighted by Crippen LogP contribution is -2.32. The number of methoxy groups -OCH3 is 1. The summed E-state index contributed by atoms with van der Waals surface area (Å²) >= 11 is 1.44. The molecule has 3 aromatic rings. The Morgan fingerprint density at radius 2 is 1.70 bits per heavy atom. The number of hydrogen-bond acceptors (Lipinski definition) is 5. The van der Waals surface area contributed by atoms with Crippen molar-refractivity contribution in [3.05, 3.63) is 94.9 Å². The average molecular weight is 419 g/mol. The fourth-order valence-electron chi connectivity index (χ4n) is 3.11. The Bertz CT molecular complexity index is 1050. The van der Waals surface area contributed by atoms with Crippen LogP contribution >= 0.6 is 11.8 Å². The summed E-state index contributed by atoms with van der Waals surface area (Å²) in [5, 5.41) is 21.1. The molecule has 1 atom stereocenters. The molecule has 6 heteroatoms. The number of aliphatic imine (C=N–C) groups is 1. The number of hydrogen-bond donors (Lipinski definition) is 2. The maximum Gasteiger partial charge on any atom is 0.176 e. The van der Waals surface area contributed by atoms with E-state index in [1.165, 1.54) is 11.8 Å². The summed E-state index contributed by atoms with van der Waals surface area (Å²) in [6.07, 6.45) is 1.09. The van der Waals surface area contributed by atoms with Gasteiger partial charge >= 0.3 is 0 Å². The van der Waals surface area contributed by atoms with Gasteiger partial charge in [0.15, 0.2) is 11.4 Å². The molecule has 4 rings (SSSR count). The lowest BCUT2D eigenvalue weighted by atomic mass is 10.1. The maximum atomic E-state index is 11.1. The smallest absolute Gasteiger partial charge is 0.176 e. The SMILES string of the molecule is COc1ccc(N2C(=Nc3ccccc3)S/C(=C\c3ccc(CO)cc3)C2O)cc1. The van der Waals surface area contributed by atoms with E-state index in [1.54, 1.807) is 7.11 Å². The first-order valence-corrected chi connectivity index (χ1v) is 10.3. The van der Waals surface area contributed by atoms with Crippen LogP contribution in [0.15, 0.2) is 88.8 Å². The molecule has 5 nitrogen and oxygen atoms in total. The van der Waals surface area contributed by atoms with E-state index in [9.17, 15) is 10.2 Å². The van der Waals surface area contributed by atoms with E-state index < -0.39 is 6.23 Å². The van der Waals surface area contributed by atoms with E-state index in [1.807, 2.05) is 89.8 Å². The molecule has 0 saturated carbocycles. The summed E-state index contributed by atoms with van der Waals surface area (Å²) in [5.41, 5.74) is 3.44. The fourth-order valence-corrected chi connectivity index (χ4v) is 4.18. The highest BCUT2D eigenvalue weighted by atomic mass is 32.2. The molecular formula is C24H22N2O3S. The van der Waals surface area contributed by atoms with Gasteiger partial charge in [-0.25, -0.2) is 4.99 Å². The minimum Gasteiger partial charge on any atom is -0.497 e. The maximum absolute atomic E-state index is 11.1. The van der Waals surface area contributed by atoms with Crippen LogP contribution in [-0.2, 0) is 6.61 Å². The van der Waals surface area contributed by atoms with Gasteiger partial charge in [0.25, 0.3) is 0 Å². The highest BCUT2D eigenvalue weighted by Crippen LogP contribution is 2.40. The summed E-state index contributed by atoms with van der Waals surface area (Å²) in [6, 6.07) is 24.8. The summed E-state index contributed by atoms with van der Waals surface area (Å²) in [5.74, 6) is 0.751. The normalized spacial score (nSPS) is 18.9. The summed E-state index contributed by atoms with van der Waals surface area (Å²) in [4.78, 5) is 7.35. The Balaban J connectivity index is 1.72. The summed E-state index contributed by atoms with van der Waals surface area (Å²) < 4.78 is 5.25. The van der Waals surface area contributed by atoms with Gasteiger partial charge in [-0.2, -0.15) is 0 Å². The second-order valence-corrected chi connectivity index (χ2v) is 7.76. The lowest BCUT2D eigenvalue weighted by Gasteiger charge is -2.22. The van der Waals surface area contributed by atoms with Crippen LogP contribution in [0.25, 0.3) is 6.08 Å². The van der Waals surface area contributed by atoms with Crippen molar-refractivity contribution in [2.24, 2.45) is 4.99 Å². The molecule has 0 bridgehead atoms. The van der Waals surface area contributed by atoms with Gasteiger partial charge in [0.2, 0.25) is 0 Å². The minimum atomic E-state index is -0.858. The largest absolute Gasteiger partial charge is 0.497 e. The standard InChI is InChI=1S/C24H22N2O3S/c1-29-21-13-11-20(12-14-21)26-23(28)22(15-17-7-9-18(16-27)10-8-17)30-24(26)25-19-5-3-2-4-6-19/h2-15,23,27-28H,16H2,1H3/b22-15-,25-24?. The van der Waals surface area contributed by atoms with Gasteiger partial charge in [-0.05, 0) is 53.6 Å². The van der Waals surface area contributed by atoms with Crippen LogP contribution in [0.1, 0.15) is 11.1 Å². The van der Waals surface area contributed by atoms with Crippen LogP contribution in [-0.4, -0.2) is 28.7 Å². The Morgan fingerprint density at radius 3 is 2.33 bits per heavy atom. The molecule has 1 aliphatic rings. The number of ether oxygens (including phenoxy) is 1.